The summed E-state index contributed by atoms with van der Waals surface area (Å²) in [6, 6.07) is 6.67. The van der Waals surface area contributed by atoms with Crippen LogP contribution in [-0.4, -0.2) is 17.7 Å². The summed E-state index contributed by atoms with van der Waals surface area (Å²) in [4.78, 5) is 0. The third-order valence-electron chi connectivity index (χ3n) is 4.25. The number of benzene rings is 1. The van der Waals surface area contributed by atoms with Gasteiger partial charge in [-0.05, 0) is 56.3 Å². The Hall–Kier alpha value is -1.28. The lowest BCUT2D eigenvalue weighted by molar-refractivity contribution is 0.373. The zero-order chi connectivity index (χ0) is 12.5. The van der Waals surface area contributed by atoms with Crippen molar-refractivity contribution in [2.75, 3.05) is 13.1 Å². The van der Waals surface area contributed by atoms with Crippen LogP contribution in [0.2, 0.25) is 0 Å². The van der Waals surface area contributed by atoms with Gasteiger partial charge < -0.3 is 9.88 Å². The van der Waals surface area contributed by atoms with Crippen LogP contribution in [0, 0.1) is 12.8 Å². The number of aryl methyl sites for hydroxylation is 2. The van der Waals surface area contributed by atoms with Gasteiger partial charge >= 0.3 is 0 Å². The van der Waals surface area contributed by atoms with Crippen molar-refractivity contribution in [3.05, 3.63) is 35.5 Å². The van der Waals surface area contributed by atoms with E-state index in [1.807, 2.05) is 0 Å². The predicted molar refractivity (Wildman–Crippen MR) is 77.0 cm³/mol. The van der Waals surface area contributed by atoms with Crippen molar-refractivity contribution in [1.29, 1.82) is 0 Å². The number of hydrogen-bond acceptors (Lipinski definition) is 1. The molecule has 2 heteroatoms. The van der Waals surface area contributed by atoms with Crippen LogP contribution in [0.3, 0.4) is 0 Å². The molecule has 0 radical (unpaired) electrons. The van der Waals surface area contributed by atoms with Gasteiger partial charge in [-0.1, -0.05) is 18.2 Å². The lowest BCUT2D eigenvalue weighted by atomic mass is 9.91. The highest BCUT2D eigenvalue weighted by Gasteiger charge is 2.16. The first kappa shape index (κ1) is 11.8. The Labute approximate surface area is 109 Å². The maximum Gasteiger partial charge on any atom is 0.0510 e. The summed E-state index contributed by atoms with van der Waals surface area (Å²) in [7, 11) is 2.17. The molecule has 1 aliphatic rings. The molecule has 3 rings (SSSR count). The number of hydrogen-bond donors (Lipinski definition) is 1. The molecule has 2 aromatic rings. The Bertz CT molecular complexity index is 547. The highest BCUT2D eigenvalue weighted by molar-refractivity contribution is 5.86. The minimum atomic E-state index is 0.859. The van der Waals surface area contributed by atoms with Gasteiger partial charge in [0.05, 0.1) is 5.52 Å². The highest BCUT2D eigenvalue weighted by Crippen LogP contribution is 2.27. The summed E-state index contributed by atoms with van der Waals surface area (Å²) in [5, 5.41) is 4.90. The average Bonchev–Trinajstić information content (AvgIpc) is 2.69. The smallest absolute Gasteiger partial charge is 0.0510 e. The molecule has 0 spiro atoms. The Morgan fingerprint density at radius 2 is 2.06 bits per heavy atom. The van der Waals surface area contributed by atoms with Crippen molar-refractivity contribution >= 4 is 10.9 Å². The molecule has 1 aromatic heterocycles. The van der Waals surface area contributed by atoms with Gasteiger partial charge in [0.25, 0.3) is 0 Å². The van der Waals surface area contributed by atoms with Crippen LogP contribution >= 0.6 is 0 Å². The summed E-state index contributed by atoms with van der Waals surface area (Å²) < 4.78 is 2.29. The van der Waals surface area contributed by atoms with E-state index in [4.69, 9.17) is 0 Å². The monoisotopic (exact) mass is 242 g/mol. The molecule has 0 aliphatic carbocycles. The highest BCUT2D eigenvalue weighted by atomic mass is 14.9. The van der Waals surface area contributed by atoms with Crippen LogP contribution in [0.5, 0.6) is 0 Å². The predicted octanol–water partition coefficient (Wildman–Crippen LogP) is 3.03. The van der Waals surface area contributed by atoms with Gasteiger partial charge in [-0.2, -0.15) is 0 Å². The fourth-order valence-electron chi connectivity index (χ4n) is 3.31. The lowest BCUT2D eigenvalue weighted by Crippen LogP contribution is -2.28. The molecule has 96 valence electrons. The number of para-hydroxylation sites is 1. The summed E-state index contributed by atoms with van der Waals surface area (Å²) in [5.41, 5.74) is 4.32. The van der Waals surface area contributed by atoms with E-state index in [2.05, 4.69) is 48.3 Å². The van der Waals surface area contributed by atoms with E-state index in [9.17, 15) is 0 Å². The van der Waals surface area contributed by atoms with Crippen molar-refractivity contribution in [2.24, 2.45) is 13.0 Å². The fourth-order valence-corrected chi connectivity index (χ4v) is 3.31. The number of rotatable bonds is 2. The van der Waals surface area contributed by atoms with Crippen LogP contribution in [0.4, 0.5) is 0 Å². The molecule has 1 aromatic carbocycles. The van der Waals surface area contributed by atoms with E-state index >= 15 is 0 Å². The molecular weight excluding hydrogens is 220 g/mol. The van der Waals surface area contributed by atoms with Crippen molar-refractivity contribution in [3.8, 4) is 0 Å². The maximum atomic E-state index is 3.45. The van der Waals surface area contributed by atoms with Crippen LogP contribution in [0.15, 0.2) is 24.4 Å². The molecule has 0 amide bonds. The largest absolute Gasteiger partial charge is 0.350 e. The lowest BCUT2D eigenvalue weighted by Gasteiger charge is -2.22. The summed E-state index contributed by atoms with van der Waals surface area (Å²) in [6.07, 6.45) is 6.21. The first-order valence-electron chi connectivity index (χ1n) is 7.00. The van der Waals surface area contributed by atoms with E-state index in [0.29, 0.717) is 0 Å². The molecule has 0 bridgehead atoms. The Morgan fingerprint density at radius 1 is 1.28 bits per heavy atom. The quantitative estimate of drug-likeness (QED) is 0.856. The Balaban J connectivity index is 1.94. The van der Waals surface area contributed by atoms with Crippen LogP contribution in [-0.2, 0) is 13.5 Å². The van der Waals surface area contributed by atoms with Gasteiger partial charge in [-0.15, -0.1) is 0 Å². The van der Waals surface area contributed by atoms with E-state index in [1.165, 1.54) is 54.4 Å². The number of nitrogens with one attached hydrogen (secondary N) is 1. The van der Waals surface area contributed by atoms with Crippen molar-refractivity contribution < 1.29 is 0 Å². The van der Waals surface area contributed by atoms with E-state index in [1.54, 1.807) is 0 Å². The van der Waals surface area contributed by atoms with Gasteiger partial charge in [-0.25, -0.2) is 0 Å². The summed E-state index contributed by atoms with van der Waals surface area (Å²) >= 11 is 0. The molecule has 18 heavy (non-hydrogen) atoms. The van der Waals surface area contributed by atoms with Crippen LogP contribution in [0.25, 0.3) is 10.9 Å². The van der Waals surface area contributed by atoms with Crippen LogP contribution < -0.4 is 5.32 Å². The number of fused-ring (bicyclic) bond motifs is 1. The van der Waals surface area contributed by atoms with Gasteiger partial charge in [0.2, 0.25) is 0 Å². The van der Waals surface area contributed by atoms with Gasteiger partial charge in [-0.3, -0.25) is 0 Å². The molecule has 1 fully saturated rings. The second kappa shape index (κ2) is 4.77. The molecule has 1 aliphatic heterocycles. The minimum absolute atomic E-state index is 0.859. The molecule has 1 N–H and O–H groups in total. The molecule has 0 atom stereocenters. The zero-order valence-corrected chi connectivity index (χ0v) is 11.4. The van der Waals surface area contributed by atoms with E-state index in [-0.39, 0.29) is 0 Å². The summed E-state index contributed by atoms with van der Waals surface area (Å²) in [6.45, 7) is 4.58. The molecule has 0 unspecified atom stereocenters. The molecule has 2 heterocycles. The van der Waals surface area contributed by atoms with Gasteiger partial charge in [0.15, 0.2) is 0 Å². The normalized spacial score (nSPS) is 17.4. The van der Waals surface area contributed by atoms with Crippen molar-refractivity contribution in [3.63, 3.8) is 0 Å². The first-order chi connectivity index (χ1) is 8.75. The number of nitrogens with zero attached hydrogens (tertiary/aromatic N) is 1. The van der Waals surface area contributed by atoms with E-state index in [0.717, 1.165) is 5.92 Å². The van der Waals surface area contributed by atoms with Crippen LogP contribution in [0.1, 0.15) is 24.0 Å². The topological polar surface area (TPSA) is 17.0 Å². The van der Waals surface area contributed by atoms with Crippen molar-refractivity contribution in [2.45, 2.75) is 26.2 Å². The van der Waals surface area contributed by atoms with E-state index < -0.39 is 0 Å². The number of piperidine rings is 1. The molecular formula is C16H22N2. The Morgan fingerprint density at radius 3 is 2.83 bits per heavy atom. The third-order valence-corrected chi connectivity index (χ3v) is 4.25. The van der Waals surface area contributed by atoms with Gasteiger partial charge in [0, 0.05) is 18.6 Å². The third kappa shape index (κ3) is 2.05. The second-order valence-corrected chi connectivity index (χ2v) is 5.63. The SMILES string of the molecule is Cc1cccc2c(CC3CCNCC3)cn(C)c12. The fraction of sp³-hybridized carbons (Fsp3) is 0.500. The summed E-state index contributed by atoms with van der Waals surface area (Å²) in [5.74, 6) is 0.859. The average molecular weight is 242 g/mol. The zero-order valence-electron chi connectivity index (χ0n) is 11.4. The Kier molecular flexibility index (Phi) is 3.13. The maximum absolute atomic E-state index is 3.45. The van der Waals surface area contributed by atoms with Crippen molar-refractivity contribution in [1.82, 2.24) is 9.88 Å². The second-order valence-electron chi connectivity index (χ2n) is 5.63. The molecule has 0 saturated carbocycles. The molecule has 1 saturated heterocycles. The number of aromatic nitrogens is 1. The minimum Gasteiger partial charge on any atom is -0.350 e. The first-order valence-corrected chi connectivity index (χ1v) is 7.00. The van der Waals surface area contributed by atoms with Gasteiger partial charge in [0.1, 0.15) is 0 Å². The standard InChI is InChI=1S/C16H22N2/c1-12-4-3-5-15-14(11-18(2)16(12)15)10-13-6-8-17-9-7-13/h3-5,11,13,17H,6-10H2,1-2H3. The molecule has 2 nitrogen and oxygen atoms in total.